The number of para-hydroxylation sites is 1. The number of hydrogen-bond acceptors (Lipinski definition) is 5. The molecule has 1 aromatic carbocycles. The molecule has 24 heavy (non-hydrogen) atoms. The van der Waals surface area contributed by atoms with E-state index in [0.29, 0.717) is 18.1 Å². The summed E-state index contributed by atoms with van der Waals surface area (Å²) in [5, 5.41) is 9.56. The van der Waals surface area contributed by atoms with Gasteiger partial charge in [-0.15, -0.1) is 5.10 Å². The summed E-state index contributed by atoms with van der Waals surface area (Å²) in [6, 6.07) is 13.2. The number of hydrogen-bond donors (Lipinski definition) is 2. The fourth-order valence-corrected chi connectivity index (χ4v) is 2.68. The maximum Gasteiger partial charge on any atom is 0.249 e. The topological polar surface area (TPSA) is 92.8 Å². The van der Waals surface area contributed by atoms with Gasteiger partial charge in [0.15, 0.2) is 5.82 Å². The van der Waals surface area contributed by atoms with Crippen molar-refractivity contribution in [2.75, 3.05) is 11.9 Å². The van der Waals surface area contributed by atoms with Crippen LogP contribution in [0.15, 0.2) is 42.5 Å². The van der Waals surface area contributed by atoms with Crippen molar-refractivity contribution in [3.63, 3.8) is 0 Å². The molecule has 2 aromatic heterocycles. The molecule has 0 fully saturated rings. The number of carbonyl (C=O) groups excluding carboxylic acids is 1. The Labute approximate surface area is 138 Å². The van der Waals surface area contributed by atoms with Crippen molar-refractivity contribution in [2.45, 2.75) is 12.8 Å². The molecule has 0 aliphatic carbocycles. The van der Waals surface area contributed by atoms with Crippen LogP contribution < -0.4 is 10.1 Å². The van der Waals surface area contributed by atoms with Crippen LogP contribution in [-0.2, 0) is 4.79 Å². The molecule has 0 spiro atoms. The van der Waals surface area contributed by atoms with Crippen molar-refractivity contribution in [2.24, 2.45) is 0 Å². The third-order valence-electron chi connectivity index (χ3n) is 3.87. The van der Waals surface area contributed by atoms with Gasteiger partial charge >= 0.3 is 0 Å². The van der Waals surface area contributed by atoms with Gasteiger partial charge in [0.1, 0.15) is 24.0 Å². The van der Waals surface area contributed by atoms with E-state index >= 15 is 0 Å². The highest BCUT2D eigenvalue weighted by Crippen LogP contribution is 2.33. The molecule has 1 amide bonds. The smallest absolute Gasteiger partial charge is 0.249 e. The molecule has 0 bridgehead atoms. The van der Waals surface area contributed by atoms with Crippen LogP contribution in [0.25, 0.3) is 11.5 Å². The number of fused-ring (bicyclic) bond motifs is 1. The van der Waals surface area contributed by atoms with Crippen molar-refractivity contribution < 1.29 is 9.53 Å². The third-order valence-corrected chi connectivity index (χ3v) is 3.87. The van der Waals surface area contributed by atoms with Crippen LogP contribution >= 0.6 is 0 Å². The number of amides is 1. The molecule has 3 aromatic rings. The van der Waals surface area contributed by atoms with E-state index in [-0.39, 0.29) is 17.8 Å². The van der Waals surface area contributed by atoms with E-state index < -0.39 is 0 Å². The van der Waals surface area contributed by atoms with Crippen LogP contribution in [0, 0.1) is 6.92 Å². The van der Waals surface area contributed by atoms with Gasteiger partial charge in [-0.3, -0.25) is 15.2 Å². The fraction of sp³-hybridized carbons (Fsp3) is 0.176. The first-order chi connectivity index (χ1) is 11.7. The van der Waals surface area contributed by atoms with E-state index in [1.165, 1.54) is 0 Å². The van der Waals surface area contributed by atoms with E-state index in [0.717, 1.165) is 17.0 Å². The largest absolute Gasteiger partial charge is 0.492 e. The van der Waals surface area contributed by atoms with E-state index in [2.05, 4.69) is 25.5 Å². The second kappa shape index (κ2) is 5.77. The summed E-state index contributed by atoms with van der Waals surface area (Å²) in [5.41, 5.74) is 2.44. The number of pyridine rings is 1. The number of nitrogens with one attached hydrogen (secondary N) is 2. The van der Waals surface area contributed by atoms with Crippen molar-refractivity contribution in [1.82, 2.24) is 20.2 Å². The molecule has 4 rings (SSSR count). The number of ether oxygens (including phenoxy) is 1. The molecule has 7 heteroatoms. The molecule has 0 saturated heterocycles. The Bertz CT molecular complexity index is 905. The molecule has 1 atom stereocenters. The van der Waals surface area contributed by atoms with Crippen LogP contribution in [0.5, 0.6) is 5.75 Å². The number of nitrogens with zero attached hydrogens (tertiary/aromatic N) is 3. The predicted molar refractivity (Wildman–Crippen MR) is 87.7 cm³/mol. The quantitative estimate of drug-likeness (QED) is 0.772. The lowest BCUT2D eigenvalue weighted by Crippen LogP contribution is -2.22. The zero-order valence-corrected chi connectivity index (χ0v) is 13.0. The predicted octanol–water partition coefficient (Wildman–Crippen LogP) is 2.29. The zero-order valence-electron chi connectivity index (χ0n) is 13.0. The first kappa shape index (κ1) is 14.4. The number of H-pyrrole nitrogens is 1. The molecule has 2 N–H and O–H groups in total. The number of benzene rings is 1. The zero-order chi connectivity index (χ0) is 16.5. The molecule has 3 heterocycles. The summed E-state index contributed by atoms with van der Waals surface area (Å²) in [6.07, 6.45) is 0. The highest BCUT2D eigenvalue weighted by atomic mass is 16.5. The lowest BCUT2D eigenvalue weighted by atomic mass is 10.0. The minimum Gasteiger partial charge on any atom is -0.492 e. The van der Waals surface area contributed by atoms with Gasteiger partial charge in [0.25, 0.3) is 0 Å². The Morgan fingerprint density at radius 1 is 1.21 bits per heavy atom. The van der Waals surface area contributed by atoms with E-state index in [1.54, 1.807) is 0 Å². The van der Waals surface area contributed by atoms with Crippen molar-refractivity contribution >= 4 is 11.9 Å². The molecular weight excluding hydrogens is 306 g/mol. The normalized spacial score (nSPS) is 15.6. The van der Waals surface area contributed by atoms with Gasteiger partial charge in [-0.25, -0.2) is 4.98 Å². The molecule has 1 aliphatic heterocycles. The fourth-order valence-electron chi connectivity index (χ4n) is 2.68. The van der Waals surface area contributed by atoms with Gasteiger partial charge in [-0.2, -0.15) is 4.98 Å². The maximum absolute atomic E-state index is 12.5. The minimum atomic E-state index is -0.361. The number of carbonyl (C=O) groups is 1. The highest BCUT2D eigenvalue weighted by Gasteiger charge is 2.30. The van der Waals surface area contributed by atoms with E-state index in [9.17, 15) is 4.79 Å². The van der Waals surface area contributed by atoms with E-state index in [4.69, 9.17) is 4.74 Å². The molecule has 0 saturated carbocycles. The van der Waals surface area contributed by atoms with Crippen LogP contribution in [0.2, 0.25) is 0 Å². The highest BCUT2D eigenvalue weighted by molar-refractivity contribution is 5.95. The maximum atomic E-state index is 12.5. The van der Waals surface area contributed by atoms with Gasteiger partial charge in [-0.1, -0.05) is 24.3 Å². The van der Waals surface area contributed by atoms with Gasteiger partial charge in [0.2, 0.25) is 11.9 Å². The lowest BCUT2D eigenvalue weighted by molar-refractivity contribution is -0.117. The van der Waals surface area contributed by atoms with Gasteiger partial charge in [0, 0.05) is 11.3 Å². The molecule has 1 aliphatic rings. The first-order valence-corrected chi connectivity index (χ1v) is 7.60. The Kier molecular flexibility index (Phi) is 3.45. The van der Waals surface area contributed by atoms with Gasteiger partial charge < -0.3 is 4.74 Å². The summed E-state index contributed by atoms with van der Waals surface area (Å²) >= 11 is 0. The van der Waals surface area contributed by atoms with E-state index in [1.807, 2.05) is 49.4 Å². The molecular formula is C17H15N5O2. The Hall–Kier alpha value is -3.22. The summed E-state index contributed by atoms with van der Waals surface area (Å²) in [6.45, 7) is 2.22. The number of aromatic nitrogens is 4. The van der Waals surface area contributed by atoms with Crippen LogP contribution in [0.3, 0.4) is 0 Å². The molecule has 7 nitrogen and oxygen atoms in total. The van der Waals surface area contributed by atoms with Gasteiger partial charge in [0.05, 0.1) is 0 Å². The minimum absolute atomic E-state index is 0.192. The Balaban J connectivity index is 1.52. The second-order valence-corrected chi connectivity index (χ2v) is 5.56. The number of anilines is 1. The Morgan fingerprint density at radius 3 is 2.96 bits per heavy atom. The summed E-state index contributed by atoms with van der Waals surface area (Å²) in [5.74, 6) is 0.931. The second-order valence-electron chi connectivity index (χ2n) is 5.56. The summed E-state index contributed by atoms with van der Waals surface area (Å²) in [7, 11) is 0. The average Bonchev–Trinajstić information content (AvgIpc) is 3.21. The SMILES string of the molecule is Cc1cccc(-c2nc(NC(=O)C3COc4ccccc43)n[nH]2)n1. The number of rotatable bonds is 3. The van der Waals surface area contributed by atoms with Crippen LogP contribution in [-0.4, -0.2) is 32.7 Å². The third kappa shape index (κ3) is 2.60. The monoisotopic (exact) mass is 321 g/mol. The first-order valence-electron chi connectivity index (χ1n) is 7.60. The van der Waals surface area contributed by atoms with Crippen molar-refractivity contribution in [3.8, 4) is 17.3 Å². The summed E-state index contributed by atoms with van der Waals surface area (Å²) in [4.78, 5) is 21.1. The van der Waals surface area contributed by atoms with Crippen LogP contribution in [0.1, 0.15) is 17.2 Å². The number of aromatic amines is 1. The molecule has 120 valence electrons. The lowest BCUT2D eigenvalue weighted by Gasteiger charge is -2.07. The van der Waals surface area contributed by atoms with Crippen molar-refractivity contribution in [1.29, 1.82) is 0 Å². The average molecular weight is 321 g/mol. The van der Waals surface area contributed by atoms with Crippen molar-refractivity contribution in [3.05, 3.63) is 53.7 Å². The Morgan fingerprint density at radius 2 is 2.08 bits per heavy atom. The molecule has 0 radical (unpaired) electrons. The van der Waals surface area contributed by atoms with Gasteiger partial charge in [-0.05, 0) is 25.1 Å². The standard InChI is InChI=1S/C17H15N5O2/c1-10-5-4-7-13(18-10)15-19-17(22-21-15)20-16(23)12-9-24-14-8-3-2-6-11(12)14/h2-8,12H,9H2,1H3,(H2,19,20,21,22,23). The summed E-state index contributed by atoms with van der Waals surface area (Å²) < 4.78 is 5.54. The van der Waals surface area contributed by atoms with Crippen LogP contribution in [0.4, 0.5) is 5.95 Å². The number of aryl methyl sites for hydroxylation is 1. The molecule has 1 unspecified atom stereocenters.